The van der Waals surface area contributed by atoms with Crippen LogP contribution in [0.1, 0.15) is 5.56 Å². The second-order valence-electron chi connectivity index (χ2n) is 3.19. The summed E-state index contributed by atoms with van der Waals surface area (Å²) in [6.45, 7) is 0. The molecule has 0 fully saturated rings. The van der Waals surface area contributed by atoms with E-state index in [1.54, 1.807) is 24.3 Å². The van der Waals surface area contributed by atoms with E-state index in [1.165, 1.54) is 7.11 Å². The molecule has 0 heterocycles. The predicted molar refractivity (Wildman–Crippen MR) is 60.2 cm³/mol. The van der Waals surface area contributed by atoms with Crippen LogP contribution in [-0.4, -0.2) is 25.5 Å². The Kier molecular flexibility index (Phi) is 4.79. The second-order valence-corrected chi connectivity index (χ2v) is 3.63. The number of nitrogens with one attached hydrogen (secondary N) is 1. The summed E-state index contributed by atoms with van der Waals surface area (Å²) in [5.41, 5.74) is 0.897. The number of carbonyl (C=O) groups is 2. The smallest absolute Gasteiger partial charge is 0.328 e. The lowest BCUT2D eigenvalue weighted by molar-refractivity contribution is -0.144. The quantitative estimate of drug-likeness (QED) is 0.622. The molecule has 0 spiro atoms. The first-order valence-corrected chi connectivity index (χ1v) is 5.07. The Labute approximate surface area is 98.5 Å². The van der Waals surface area contributed by atoms with Crippen molar-refractivity contribution < 1.29 is 14.3 Å². The van der Waals surface area contributed by atoms with Crippen molar-refractivity contribution in [1.29, 1.82) is 0 Å². The van der Waals surface area contributed by atoms with E-state index in [1.807, 2.05) is 0 Å². The van der Waals surface area contributed by atoms with Crippen LogP contribution in [0.4, 0.5) is 0 Å². The maximum Gasteiger partial charge on any atom is 0.328 e. The number of hydrogen-bond acceptors (Lipinski definition) is 3. The minimum absolute atomic E-state index is 0.378. The van der Waals surface area contributed by atoms with E-state index in [-0.39, 0.29) is 0 Å². The number of halogens is 1. The van der Waals surface area contributed by atoms with Gasteiger partial charge in [-0.2, -0.15) is 0 Å². The summed E-state index contributed by atoms with van der Waals surface area (Å²) < 4.78 is 4.57. The van der Waals surface area contributed by atoms with Gasteiger partial charge in [0, 0.05) is 11.4 Å². The number of rotatable bonds is 5. The molecule has 1 rings (SSSR count). The van der Waals surface area contributed by atoms with Crippen molar-refractivity contribution in [2.75, 3.05) is 7.11 Å². The maximum atomic E-state index is 11.3. The zero-order valence-electron chi connectivity index (χ0n) is 8.77. The van der Waals surface area contributed by atoms with Gasteiger partial charge in [-0.15, -0.1) is 0 Å². The van der Waals surface area contributed by atoms with Crippen LogP contribution in [0, 0.1) is 0 Å². The van der Waals surface area contributed by atoms with Crippen molar-refractivity contribution in [2.45, 2.75) is 12.5 Å². The highest BCUT2D eigenvalue weighted by Crippen LogP contribution is 2.11. The van der Waals surface area contributed by atoms with Gasteiger partial charge >= 0.3 is 5.97 Å². The molecule has 0 radical (unpaired) electrons. The summed E-state index contributed by atoms with van der Waals surface area (Å²) in [6, 6.07) is 6.39. The molecule has 1 unspecified atom stereocenters. The summed E-state index contributed by atoms with van der Waals surface area (Å²) in [6.07, 6.45) is 0.861. The van der Waals surface area contributed by atoms with Gasteiger partial charge in [-0.3, -0.25) is 4.79 Å². The third kappa shape index (κ3) is 3.55. The van der Waals surface area contributed by atoms with Crippen LogP contribution in [0.15, 0.2) is 24.3 Å². The fraction of sp³-hybridized carbons (Fsp3) is 0.273. The molecule has 0 bridgehead atoms. The molecule has 16 heavy (non-hydrogen) atoms. The van der Waals surface area contributed by atoms with Crippen LogP contribution in [0.2, 0.25) is 5.02 Å². The van der Waals surface area contributed by atoms with Crippen LogP contribution < -0.4 is 5.32 Å². The molecule has 1 aromatic rings. The number of ether oxygens (including phenoxy) is 1. The lowest BCUT2D eigenvalue weighted by atomic mass is 10.1. The molecule has 0 saturated heterocycles. The first-order valence-electron chi connectivity index (χ1n) is 4.69. The molecular formula is C11H12ClNO3. The van der Waals surface area contributed by atoms with Gasteiger partial charge in [-0.05, 0) is 17.7 Å². The van der Waals surface area contributed by atoms with Crippen LogP contribution in [-0.2, 0) is 20.7 Å². The normalized spacial score (nSPS) is 11.6. The van der Waals surface area contributed by atoms with E-state index in [4.69, 9.17) is 11.6 Å². The molecule has 1 amide bonds. The third-order valence-corrected chi connectivity index (χ3v) is 2.36. The van der Waals surface area contributed by atoms with Crippen molar-refractivity contribution in [3.05, 3.63) is 34.9 Å². The Morgan fingerprint density at radius 2 is 2.12 bits per heavy atom. The molecule has 4 nitrogen and oxygen atoms in total. The fourth-order valence-corrected chi connectivity index (χ4v) is 1.42. The standard InChI is InChI=1S/C11H12ClNO3/c1-16-11(15)10(13-7-14)6-8-2-4-9(12)5-3-8/h2-5,7,10H,6H2,1H3,(H,13,14). The van der Waals surface area contributed by atoms with Gasteiger partial charge in [-0.1, -0.05) is 23.7 Å². The summed E-state index contributed by atoms with van der Waals surface area (Å²) in [7, 11) is 1.28. The molecule has 1 aromatic carbocycles. The lowest BCUT2D eigenvalue weighted by Gasteiger charge is -2.13. The lowest BCUT2D eigenvalue weighted by Crippen LogP contribution is -2.38. The van der Waals surface area contributed by atoms with Gasteiger partial charge in [-0.25, -0.2) is 4.79 Å². The van der Waals surface area contributed by atoms with E-state index in [0.717, 1.165) is 5.56 Å². The van der Waals surface area contributed by atoms with E-state index >= 15 is 0 Å². The highest BCUT2D eigenvalue weighted by molar-refractivity contribution is 6.30. The highest BCUT2D eigenvalue weighted by atomic mass is 35.5. The number of carbonyl (C=O) groups excluding carboxylic acids is 2. The summed E-state index contributed by atoms with van der Waals surface area (Å²) >= 11 is 5.74. The Morgan fingerprint density at radius 1 is 1.50 bits per heavy atom. The monoisotopic (exact) mass is 241 g/mol. The highest BCUT2D eigenvalue weighted by Gasteiger charge is 2.18. The number of esters is 1. The molecule has 86 valence electrons. The van der Waals surface area contributed by atoms with Crippen molar-refractivity contribution >= 4 is 24.0 Å². The second kappa shape index (κ2) is 6.12. The number of benzene rings is 1. The van der Waals surface area contributed by atoms with E-state index in [0.29, 0.717) is 17.9 Å². The number of methoxy groups -OCH3 is 1. The van der Waals surface area contributed by atoms with Gasteiger partial charge in [0.1, 0.15) is 6.04 Å². The van der Waals surface area contributed by atoms with E-state index < -0.39 is 12.0 Å². The molecule has 1 N–H and O–H groups in total. The van der Waals surface area contributed by atoms with Gasteiger partial charge < -0.3 is 10.1 Å². The van der Waals surface area contributed by atoms with Crippen molar-refractivity contribution in [3.63, 3.8) is 0 Å². The van der Waals surface area contributed by atoms with Gasteiger partial charge in [0.2, 0.25) is 6.41 Å². The fourth-order valence-electron chi connectivity index (χ4n) is 1.29. The van der Waals surface area contributed by atoms with Crippen molar-refractivity contribution in [3.8, 4) is 0 Å². The Hall–Kier alpha value is -1.55. The predicted octanol–water partition coefficient (Wildman–Crippen LogP) is 1.17. The molecule has 0 aliphatic heterocycles. The first-order chi connectivity index (χ1) is 7.67. The van der Waals surface area contributed by atoms with Crippen LogP contribution in [0.5, 0.6) is 0 Å². The van der Waals surface area contributed by atoms with E-state index in [9.17, 15) is 9.59 Å². The molecule has 1 atom stereocenters. The summed E-state index contributed by atoms with van der Waals surface area (Å²) in [5, 5.41) is 3.03. The Balaban J connectivity index is 2.71. The van der Waals surface area contributed by atoms with Crippen molar-refractivity contribution in [1.82, 2.24) is 5.32 Å². The zero-order valence-corrected chi connectivity index (χ0v) is 9.53. The Bertz CT molecular complexity index is 364. The average Bonchev–Trinajstić information content (AvgIpc) is 2.30. The van der Waals surface area contributed by atoms with Crippen molar-refractivity contribution in [2.24, 2.45) is 0 Å². The van der Waals surface area contributed by atoms with Gasteiger partial charge in [0.15, 0.2) is 0 Å². The molecule has 0 aliphatic rings. The zero-order chi connectivity index (χ0) is 12.0. The van der Waals surface area contributed by atoms with Crippen LogP contribution in [0.3, 0.4) is 0 Å². The van der Waals surface area contributed by atoms with E-state index in [2.05, 4.69) is 10.1 Å². The maximum absolute atomic E-state index is 11.3. The first kappa shape index (κ1) is 12.5. The minimum Gasteiger partial charge on any atom is -0.467 e. The minimum atomic E-state index is -0.663. The van der Waals surface area contributed by atoms with Gasteiger partial charge in [0.25, 0.3) is 0 Å². The number of amides is 1. The summed E-state index contributed by atoms with van der Waals surface area (Å²) in [4.78, 5) is 21.6. The molecular weight excluding hydrogens is 230 g/mol. The SMILES string of the molecule is COC(=O)C(Cc1ccc(Cl)cc1)NC=O. The topological polar surface area (TPSA) is 55.4 Å². The van der Waals surface area contributed by atoms with Crippen LogP contribution >= 0.6 is 11.6 Å². The average molecular weight is 242 g/mol. The third-order valence-electron chi connectivity index (χ3n) is 2.11. The molecule has 0 aromatic heterocycles. The molecule has 5 heteroatoms. The largest absolute Gasteiger partial charge is 0.467 e. The molecule has 0 aliphatic carbocycles. The van der Waals surface area contributed by atoms with Gasteiger partial charge in [0.05, 0.1) is 7.11 Å². The molecule has 0 saturated carbocycles. The summed E-state index contributed by atoms with van der Waals surface area (Å²) in [5.74, 6) is -0.470. The Morgan fingerprint density at radius 3 is 2.62 bits per heavy atom. The van der Waals surface area contributed by atoms with Crippen LogP contribution in [0.25, 0.3) is 0 Å². The number of hydrogen-bond donors (Lipinski definition) is 1.